The van der Waals surface area contributed by atoms with Gasteiger partial charge in [-0.05, 0) is 49.2 Å². The molecule has 0 saturated heterocycles. The van der Waals surface area contributed by atoms with E-state index in [2.05, 4.69) is 4.98 Å². The van der Waals surface area contributed by atoms with Crippen molar-refractivity contribution in [1.29, 1.82) is 0 Å². The number of ether oxygens (including phenoxy) is 1. The van der Waals surface area contributed by atoms with Crippen molar-refractivity contribution in [3.63, 3.8) is 0 Å². The Kier molecular flexibility index (Phi) is 3.55. The second kappa shape index (κ2) is 5.37. The summed E-state index contributed by atoms with van der Waals surface area (Å²) in [5.74, 6) is 1.10. The fourth-order valence-electron chi connectivity index (χ4n) is 2.16. The van der Waals surface area contributed by atoms with Crippen molar-refractivity contribution in [2.24, 2.45) is 0 Å². The number of anilines is 1. The normalized spacial score (nSPS) is 14.7. The monoisotopic (exact) mass is 304 g/mol. The highest BCUT2D eigenvalue weighted by Gasteiger charge is 2.39. The molecule has 0 unspecified atom stereocenters. The van der Waals surface area contributed by atoms with Crippen LogP contribution < -0.4 is 9.04 Å². The standard InChI is InChI=1S/C15H16N2O3S/c1-20-13-7-9-14(10-8-13)21(18,19)17(12-5-6-12)15-4-2-3-11-16-15/h2-4,7-12H,5-6H2,1H3. The summed E-state index contributed by atoms with van der Waals surface area (Å²) in [7, 11) is -2.05. The van der Waals surface area contributed by atoms with Crippen molar-refractivity contribution >= 4 is 15.8 Å². The lowest BCUT2D eigenvalue weighted by molar-refractivity contribution is 0.414. The number of hydrogen-bond acceptors (Lipinski definition) is 4. The molecule has 110 valence electrons. The number of aromatic nitrogens is 1. The maximum atomic E-state index is 12.9. The maximum absolute atomic E-state index is 12.9. The lowest BCUT2D eigenvalue weighted by atomic mass is 10.3. The van der Waals surface area contributed by atoms with Crippen LogP contribution in [0.2, 0.25) is 0 Å². The van der Waals surface area contributed by atoms with E-state index >= 15 is 0 Å². The van der Waals surface area contributed by atoms with Gasteiger partial charge in [0.25, 0.3) is 10.0 Å². The zero-order valence-electron chi connectivity index (χ0n) is 11.6. The number of nitrogens with zero attached hydrogens (tertiary/aromatic N) is 2. The quantitative estimate of drug-likeness (QED) is 0.851. The lowest BCUT2D eigenvalue weighted by Gasteiger charge is -2.23. The first-order valence-electron chi connectivity index (χ1n) is 6.72. The SMILES string of the molecule is COc1ccc(S(=O)(=O)N(c2ccccn2)C2CC2)cc1. The average molecular weight is 304 g/mol. The zero-order chi connectivity index (χ0) is 14.9. The largest absolute Gasteiger partial charge is 0.497 e. The molecule has 0 spiro atoms. The van der Waals surface area contributed by atoms with Crippen LogP contribution in [0.3, 0.4) is 0 Å². The fraction of sp³-hybridized carbons (Fsp3) is 0.267. The summed E-state index contributed by atoms with van der Waals surface area (Å²) in [5.41, 5.74) is 0. The van der Waals surface area contributed by atoms with E-state index in [4.69, 9.17) is 4.74 Å². The smallest absolute Gasteiger partial charge is 0.265 e. The number of pyridine rings is 1. The van der Waals surface area contributed by atoms with Gasteiger partial charge in [0.05, 0.1) is 12.0 Å². The molecule has 1 aliphatic rings. The van der Waals surface area contributed by atoms with E-state index in [1.165, 1.54) is 4.31 Å². The van der Waals surface area contributed by atoms with Crippen LogP contribution in [0.5, 0.6) is 5.75 Å². The topological polar surface area (TPSA) is 59.5 Å². The molecule has 1 heterocycles. The highest BCUT2D eigenvalue weighted by molar-refractivity contribution is 7.92. The summed E-state index contributed by atoms with van der Waals surface area (Å²) in [5, 5.41) is 0. The van der Waals surface area contributed by atoms with E-state index in [-0.39, 0.29) is 10.9 Å². The lowest BCUT2D eigenvalue weighted by Crippen LogP contribution is -2.33. The van der Waals surface area contributed by atoms with Crippen LogP contribution in [-0.4, -0.2) is 26.6 Å². The van der Waals surface area contributed by atoms with Crippen LogP contribution in [0.4, 0.5) is 5.82 Å². The Morgan fingerprint density at radius 1 is 1.14 bits per heavy atom. The van der Waals surface area contributed by atoms with Crippen LogP contribution in [0, 0.1) is 0 Å². The third-order valence-corrected chi connectivity index (χ3v) is 5.24. The number of rotatable bonds is 5. The van der Waals surface area contributed by atoms with E-state index in [9.17, 15) is 8.42 Å². The van der Waals surface area contributed by atoms with Crippen molar-refractivity contribution < 1.29 is 13.2 Å². The third-order valence-electron chi connectivity index (χ3n) is 3.37. The van der Waals surface area contributed by atoms with Crippen LogP contribution in [0.1, 0.15) is 12.8 Å². The third kappa shape index (κ3) is 2.71. The molecule has 3 rings (SSSR count). The molecular formula is C15H16N2O3S. The minimum absolute atomic E-state index is 0.00648. The molecule has 0 bridgehead atoms. The summed E-state index contributed by atoms with van der Waals surface area (Å²) < 4.78 is 32.2. The van der Waals surface area contributed by atoms with Gasteiger partial charge in [-0.2, -0.15) is 0 Å². The predicted molar refractivity (Wildman–Crippen MR) is 79.9 cm³/mol. The van der Waals surface area contributed by atoms with Crippen molar-refractivity contribution in [3.8, 4) is 5.75 Å². The Bertz CT molecular complexity index is 710. The molecular weight excluding hydrogens is 288 g/mol. The van der Waals surface area contributed by atoms with E-state index in [1.54, 1.807) is 55.8 Å². The molecule has 2 aromatic rings. The first-order chi connectivity index (χ1) is 10.1. The number of benzene rings is 1. The van der Waals surface area contributed by atoms with Gasteiger partial charge in [0, 0.05) is 12.2 Å². The van der Waals surface area contributed by atoms with Crippen LogP contribution >= 0.6 is 0 Å². The molecule has 0 amide bonds. The Morgan fingerprint density at radius 2 is 1.86 bits per heavy atom. The molecule has 1 aromatic carbocycles. The van der Waals surface area contributed by atoms with Gasteiger partial charge < -0.3 is 4.74 Å². The van der Waals surface area contributed by atoms with Gasteiger partial charge in [0.15, 0.2) is 0 Å². The highest BCUT2D eigenvalue weighted by Crippen LogP contribution is 2.35. The van der Waals surface area contributed by atoms with Crippen molar-refractivity contribution in [1.82, 2.24) is 4.98 Å². The molecule has 0 N–H and O–H groups in total. The van der Waals surface area contributed by atoms with Crippen molar-refractivity contribution in [2.75, 3.05) is 11.4 Å². The van der Waals surface area contributed by atoms with Crippen LogP contribution in [0.25, 0.3) is 0 Å². The molecule has 21 heavy (non-hydrogen) atoms. The van der Waals surface area contributed by atoms with E-state index < -0.39 is 10.0 Å². The van der Waals surface area contributed by atoms with E-state index in [1.807, 2.05) is 0 Å². The molecule has 1 aromatic heterocycles. The fourth-order valence-corrected chi connectivity index (χ4v) is 3.83. The molecule has 0 radical (unpaired) electrons. The van der Waals surface area contributed by atoms with Gasteiger partial charge in [-0.25, -0.2) is 17.7 Å². The van der Waals surface area contributed by atoms with Crippen molar-refractivity contribution in [3.05, 3.63) is 48.7 Å². The van der Waals surface area contributed by atoms with Crippen LogP contribution in [-0.2, 0) is 10.0 Å². The molecule has 5 nitrogen and oxygen atoms in total. The van der Waals surface area contributed by atoms with E-state index in [0.717, 1.165) is 12.8 Å². The minimum Gasteiger partial charge on any atom is -0.497 e. The predicted octanol–water partition coefficient (Wildman–Crippen LogP) is 2.45. The zero-order valence-corrected chi connectivity index (χ0v) is 12.5. The second-order valence-electron chi connectivity index (χ2n) is 4.90. The summed E-state index contributed by atoms with van der Waals surface area (Å²) in [6.45, 7) is 0. The number of methoxy groups -OCH3 is 1. The molecule has 0 aliphatic heterocycles. The summed E-state index contributed by atoms with van der Waals surface area (Å²) in [6.07, 6.45) is 3.34. The van der Waals surface area contributed by atoms with Gasteiger partial charge in [0.1, 0.15) is 11.6 Å². The average Bonchev–Trinajstić information content (AvgIpc) is 3.33. The van der Waals surface area contributed by atoms with E-state index in [0.29, 0.717) is 11.6 Å². The highest BCUT2D eigenvalue weighted by atomic mass is 32.2. The number of hydrogen-bond donors (Lipinski definition) is 0. The van der Waals surface area contributed by atoms with Crippen molar-refractivity contribution in [2.45, 2.75) is 23.8 Å². The Morgan fingerprint density at radius 3 is 2.38 bits per heavy atom. The summed E-state index contributed by atoms with van der Waals surface area (Å²) in [4.78, 5) is 4.44. The van der Waals surface area contributed by atoms with Gasteiger partial charge in [0.2, 0.25) is 0 Å². The summed E-state index contributed by atoms with van der Waals surface area (Å²) in [6, 6.07) is 11.7. The Labute approximate surface area is 124 Å². The second-order valence-corrected chi connectivity index (χ2v) is 6.71. The van der Waals surface area contributed by atoms with Gasteiger partial charge in [-0.3, -0.25) is 0 Å². The van der Waals surface area contributed by atoms with Gasteiger partial charge in [-0.15, -0.1) is 0 Å². The molecule has 6 heteroatoms. The Hall–Kier alpha value is -2.08. The Balaban J connectivity index is 2.01. The van der Waals surface area contributed by atoms with Gasteiger partial charge in [-0.1, -0.05) is 6.07 Å². The summed E-state index contributed by atoms with van der Waals surface area (Å²) >= 11 is 0. The molecule has 0 atom stereocenters. The van der Waals surface area contributed by atoms with Gasteiger partial charge >= 0.3 is 0 Å². The molecule has 1 aliphatic carbocycles. The molecule has 1 fully saturated rings. The molecule has 1 saturated carbocycles. The first-order valence-corrected chi connectivity index (χ1v) is 8.16. The number of sulfonamides is 1. The minimum atomic E-state index is -3.60. The maximum Gasteiger partial charge on any atom is 0.265 e. The first kappa shape index (κ1) is 13.9. The van der Waals surface area contributed by atoms with Crippen LogP contribution in [0.15, 0.2) is 53.6 Å².